The van der Waals surface area contributed by atoms with Crippen LogP contribution in [0.1, 0.15) is 17.2 Å². The van der Waals surface area contributed by atoms with Crippen LogP contribution in [0.25, 0.3) is 0 Å². The molecule has 2 aromatic rings. The van der Waals surface area contributed by atoms with Crippen molar-refractivity contribution < 1.29 is 4.74 Å². The van der Waals surface area contributed by atoms with Gasteiger partial charge in [0.15, 0.2) is 0 Å². The molecule has 0 bridgehead atoms. The standard InChI is InChI=1S/C14H17N3O2/c1-10-5-3-4-6-11(10)12(15)9-17-14(18)8-7-13(16-17)19-2/h3-8,12H,9,15H2,1-2H3. The fraction of sp³-hybridized carbons (Fsp3) is 0.286. The molecule has 0 aliphatic rings. The highest BCUT2D eigenvalue weighted by atomic mass is 16.5. The fourth-order valence-electron chi connectivity index (χ4n) is 1.96. The molecule has 0 aliphatic carbocycles. The minimum atomic E-state index is -0.279. The summed E-state index contributed by atoms with van der Waals surface area (Å²) in [7, 11) is 1.51. The third-order valence-corrected chi connectivity index (χ3v) is 3.01. The second kappa shape index (κ2) is 5.67. The topological polar surface area (TPSA) is 70.1 Å². The van der Waals surface area contributed by atoms with E-state index >= 15 is 0 Å². The maximum Gasteiger partial charge on any atom is 0.267 e. The Labute approximate surface area is 111 Å². The number of hydrogen-bond acceptors (Lipinski definition) is 4. The molecule has 0 fully saturated rings. The minimum absolute atomic E-state index is 0.190. The van der Waals surface area contributed by atoms with Crippen LogP contribution < -0.4 is 16.0 Å². The highest BCUT2D eigenvalue weighted by Gasteiger charge is 2.11. The lowest BCUT2D eigenvalue weighted by atomic mass is 10.0. The molecule has 2 rings (SSSR count). The average Bonchev–Trinajstić information content (AvgIpc) is 2.41. The van der Waals surface area contributed by atoms with Gasteiger partial charge in [-0.25, -0.2) is 4.68 Å². The molecule has 5 nitrogen and oxygen atoms in total. The highest BCUT2D eigenvalue weighted by molar-refractivity contribution is 5.28. The quantitative estimate of drug-likeness (QED) is 0.897. The Hall–Kier alpha value is -2.14. The van der Waals surface area contributed by atoms with Gasteiger partial charge in [-0.2, -0.15) is 0 Å². The van der Waals surface area contributed by atoms with E-state index in [1.807, 2.05) is 31.2 Å². The molecule has 0 saturated carbocycles. The van der Waals surface area contributed by atoms with Crippen LogP contribution >= 0.6 is 0 Å². The summed E-state index contributed by atoms with van der Waals surface area (Å²) in [6.07, 6.45) is 0. The van der Waals surface area contributed by atoms with Crippen LogP contribution in [0.3, 0.4) is 0 Å². The fourth-order valence-corrected chi connectivity index (χ4v) is 1.96. The summed E-state index contributed by atoms with van der Waals surface area (Å²) < 4.78 is 6.34. The van der Waals surface area contributed by atoms with E-state index in [9.17, 15) is 4.79 Å². The summed E-state index contributed by atoms with van der Waals surface area (Å²) in [5.74, 6) is 0.400. The van der Waals surface area contributed by atoms with E-state index in [2.05, 4.69) is 5.10 Å². The van der Waals surface area contributed by atoms with Crippen LogP contribution in [0, 0.1) is 6.92 Å². The van der Waals surface area contributed by atoms with Gasteiger partial charge < -0.3 is 10.5 Å². The predicted octanol–water partition coefficient (Wildman–Crippen LogP) is 1.26. The summed E-state index contributed by atoms with van der Waals surface area (Å²) in [5, 5.41) is 4.09. The molecule has 100 valence electrons. The first-order valence-electron chi connectivity index (χ1n) is 6.05. The Morgan fingerprint density at radius 3 is 2.74 bits per heavy atom. The van der Waals surface area contributed by atoms with E-state index < -0.39 is 0 Å². The minimum Gasteiger partial charge on any atom is -0.480 e. The van der Waals surface area contributed by atoms with Gasteiger partial charge in [-0.05, 0) is 18.1 Å². The van der Waals surface area contributed by atoms with Gasteiger partial charge in [0, 0.05) is 18.2 Å². The third-order valence-electron chi connectivity index (χ3n) is 3.01. The molecule has 1 atom stereocenters. The van der Waals surface area contributed by atoms with E-state index in [1.165, 1.54) is 23.9 Å². The van der Waals surface area contributed by atoms with Crippen LogP contribution in [-0.2, 0) is 6.54 Å². The molecule has 0 amide bonds. The number of aromatic nitrogens is 2. The summed E-state index contributed by atoms with van der Waals surface area (Å²) in [4.78, 5) is 11.7. The summed E-state index contributed by atoms with van der Waals surface area (Å²) in [6, 6.07) is 10.5. The molecular formula is C14H17N3O2. The maximum absolute atomic E-state index is 11.7. The van der Waals surface area contributed by atoms with Gasteiger partial charge in [-0.1, -0.05) is 24.3 Å². The number of nitrogens with two attached hydrogens (primary N) is 1. The smallest absolute Gasteiger partial charge is 0.267 e. The first-order valence-corrected chi connectivity index (χ1v) is 6.05. The van der Waals surface area contributed by atoms with Crippen LogP contribution in [0.5, 0.6) is 5.88 Å². The molecular weight excluding hydrogens is 242 g/mol. The van der Waals surface area contributed by atoms with Gasteiger partial charge in [-0.15, -0.1) is 5.10 Å². The van der Waals surface area contributed by atoms with Crippen LogP contribution in [-0.4, -0.2) is 16.9 Å². The summed E-state index contributed by atoms with van der Waals surface area (Å²) in [6.45, 7) is 2.32. The van der Waals surface area contributed by atoms with Crippen LogP contribution in [0.4, 0.5) is 0 Å². The van der Waals surface area contributed by atoms with E-state index in [0.717, 1.165) is 11.1 Å². The predicted molar refractivity (Wildman–Crippen MR) is 73.2 cm³/mol. The van der Waals surface area contributed by atoms with E-state index in [0.29, 0.717) is 12.4 Å². The lowest BCUT2D eigenvalue weighted by Gasteiger charge is -2.15. The van der Waals surface area contributed by atoms with Gasteiger partial charge in [0.2, 0.25) is 5.88 Å². The summed E-state index contributed by atoms with van der Waals surface area (Å²) in [5.41, 5.74) is 8.07. The Morgan fingerprint density at radius 1 is 1.32 bits per heavy atom. The monoisotopic (exact) mass is 259 g/mol. The second-order valence-electron chi connectivity index (χ2n) is 4.36. The third kappa shape index (κ3) is 3.00. The Bertz CT molecular complexity index is 622. The maximum atomic E-state index is 11.7. The zero-order chi connectivity index (χ0) is 13.8. The van der Waals surface area contributed by atoms with Crippen LogP contribution in [0.15, 0.2) is 41.2 Å². The largest absolute Gasteiger partial charge is 0.480 e. The van der Waals surface area contributed by atoms with Crippen molar-refractivity contribution in [3.05, 3.63) is 57.9 Å². The number of methoxy groups -OCH3 is 1. The SMILES string of the molecule is COc1ccc(=O)n(CC(N)c2ccccc2C)n1. The van der Waals surface area contributed by atoms with Crippen molar-refractivity contribution in [2.45, 2.75) is 19.5 Å². The summed E-state index contributed by atoms with van der Waals surface area (Å²) >= 11 is 0. The van der Waals surface area contributed by atoms with Crippen molar-refractivity contribution in [2.24, 2.45) is 5.73 Å². The van der Waals surface area contributed by atoms with Crippen molar-refractivity contribution in [3.8, 4) is 5.88 Å². The first kappa shape index (κ1) is 13.3. The highest BCUT2D eigenvalue weighted by Crippen LogP contribution is 2.16. The van der Waals surface area contributed by atoms with Crippen molar-refractivity contribution in [3.63, 3.8) is 0 Å². The molecule has 0 aliphatic heterocycles. The van der Waals surface area contributed by atoms with Gasteiger partial charge in [0.25, 0.3) is 5.56 Å². The molecule has 2 N–H and O–H groups in total. The van der Waals surface area contributed by atoms with Gasteiger partial charge >= 0.3 is 0 Å². The molecule has 1 aromatic heterocycles. The molecule has 0 spiro atoms. The Kier molecular flexibility index (Phi) is 3.97. The molecule has 19 heavy (non-hydrogen) atoms. The van der Waals surface area contributed by atoms with E-state index in [-0.39, 0.29) is 11.6 Å². The number of rotatable bonds is 4. The second-order valence-corrected chi connectivity index (χ2v) is 4.36. The lowest BCUT2D eigenvalue weighted by Crippen LogP contribution is -2.28. The van der Waals surface area contributed by atoms with Crippen LogP contribution in [0.2, 0.25) is 0 Å². The molecule has 0 saturated heterocycles. The van der Waals surface area contributed by atoms with Crippen molar-refractivity contribution in [2.75, 3.05) is 7.11 Å². The molecule has 1 aromatic carbocycles. The Morgan fingerprint density at radius 2 is 2.05 bits per heavy atom. The average molecular weight is 259 g/mol. The molecule has 1 unspecified atom stereocenters. The molecule has 0 radical (unpaired) electrons. The number of hydrogen-bond donors (Lipinski definition) is 1. The zero-order valence-electron chi connectivity index (χ0n) is 11.0. The van der Waals surface area contributed by atoms with Gasteiger partial charge in [0.1, 0.15) is 0 Å². The number of aryl methyl sites for hydroxylation is 1. The molecule has 1 heterocycles. The van der Waals surface area contributed by atoms with Gasteiger partial charge in [0.05, 0.1) is 13.7 Å². The Balaban J connectivity index is 2.26. The van der Waals surface area contributed by atoms with Gasteiger partial charge in [-0.3, -0.25) is 4.79 Å². The van der Waals surface area contributed by atoms with Crippen molar-refractivity contribution >= 4 is 0 Å². The zero-order valence-corrected chi connectivity index (χ0v) is 11.0. The lowest BCUT2D eigenvalue weighted by molar-refractivity contribution is 0.370. The first-order chi connectivity index (χ1) is 9.11. The normalized spacial score (nSPS) is 12.2. The van der Waals surface area contributed by atoms with E-state index in [1.54, 1.807) is 0 Å². The number of ether oxygens (including phenoxy) is 1. The van der Waals surface area contributed by atoms with Crippen molar-refractivity contribution in [1.82, 2.24) is 9.78 Å². The number of benzene rings is 1. The molecule has 5 heteroatoms. The van der Waals surface area contributed by atoms with E-state index in [4.69, 9.17) is 10.5 Å². The number of nitrogens with zero attached hydrogens (tertiary/aromatic N) is 2. The van der Waals surface area contributed by atoms with Crippen molar-refractivity contribution in [1.29, 1.82) is 0 Å².